The molecule has 0 radical (unpaired) electrons. The molecule has 0 aliphatic carbocycles. The molecule has 0 unspecified atom stereocenters. The van der Waals surface area contributed by atoms with E-state index in [1.54, 1.807) is 0 Å². The molecule has 0 amide bonds. The van der Waals surface area contributed by atoms with Gasteiger partial charge < -0.3 is 16.5 Å². The van der Waals surface area contributed by atoms with Gasteiger partial charge in [0.1, 0.15) is 0 Å². The molecule has 1 aliphatic rings. The molecule has 8 heteroatoms. The van der Waals surface area contributed by atoms with Gasteiger partial charge in [0.2, 0.25) is 0 Å². The fourth-order valence-electron chi connectivity index (χ4n) is 7.11. The molecule has 4 nitrogen and oxygen atoms in total. The van der Waals surface area contributed by atoms with Crippen molar-refractivity contribution in [1.29, 1.82) is 0 Å². The predicted octanol–water partition coefficient (Wildman–Crippen LogP) is 14.2. The first kappa shape index (κ1) is 45.7. The van der Waals surface area contributed by atoms with Crippen LogP contribution in [0.15, 0.2) is 49.1 Å². The van der Waals surface area contributed by atoms with Gasteiger partial charge in [-0.05, 0) is 47.0 Å². The van der Waals surface area contributed by atoms with Crippen LogP contribution in [0.5, 0.6) is 0 Å². The molecule has 48 heavy (non-hydrogen) atoms. The normalized spacial score (nSPS) is 18.1. The minimum Gasteiger partial charge on any atom is -0.415 e. The molecule has 0 atom stereocenters. The Hall–Kier alpha value is -0.332. The van der Waals surface area contributed by atoms with E-state index in [9.17, 15) is 0 Å². The fourth-order valence-corrected chi connectivity index (χ4v) is 28.6. The quantitative estimate of drug-likeness (QED) is 0.0509. The van der Waals surface area contributed by atoms with Gasteiger partial charge in [-0.3, -0.25) is 0 Å². The van der Waals surface area contributed by atoms with Crippen LogP contribution in [0.3, 0.4) is 0 Å². The van der Waals surface area contributed by atoms with Crippen molar-refractivity contribution in [3.63, 3.8) is 0 Å². The molecule has 1 fully saturated rings. The standard InChI is InChI=1S/C40H80O4Si4/c1-9-17-21-25-29-33-37-47(38-34-30-26-22-18-10-2)42-45(13-5,14-6)41-46(15-7,16-8)43-48(44-47,39-35-31-27-23-19-11-3)40-36-32-28-24-20-12-4/h13-16H,5-12,17-40H2,1-4H3. The first-order chi connectivity index (χ1) is 23.3. The molecule has 0 bridgehead atoms. The summed E-state index contributed by atoms with van der Waals surface area (Å²) < 4.78 is 30.2. The lowest BCUT2D eigenvalue weighted by Gasteiger charge is -2.51. The van der Waals surface area contributed by atoms with Gasteiger partial charge in [0.15, 0.2) is 0 Å². The summed E-state index contributed by atoms with van der Waals surface area (Å²) in [4.78, 5) is 0. The van der Waals surface area contributed by atoms with Gasteiger partial charge in [0.25, 0.3) is 0 Å². The molecule has 1 aliphatic heterocycles. The minimum atomic E-state index is -3.08. The first-order valence-electron chi connectivity index (χ1n) is 20.7. The Balaban J connectivity index is 3.59. The van der Waals surface area contributed by atoms with E-state index in [4.69, 9.17) is 16.5 Å². The van der Waals surface area contributed by atoms with Crippen LogP contribution in [0, 0.1) is 0 Å². The van der Waals surface area contributed by atoms with Crippen molar-refractivity contribution < 1.29 is 16.5 Å². The zero-order chi connectivity index (χ0) is 35.5. The van der Waals surface area contributed by atoms with Crippen molar-refractivity contribution >= 4 is 34.2 Å². The number of hydrogen-bond donors (Lipinski definition) is 0. The van der Waals surface area contributed by atoms with Gasteiger partial charge in [0.05, 0.1) is 0 Å². The van der Waals surface area contributed by atoms with Crippen molar-refractivity contribution in [3.8, 4) is 0 Å². The SMILES string of the molecule is C=C[Si]1(C=C)O[Si](C=C)(C=C)O[Si](CCCCCCCC)(CCCCCCCC)O[Si](CCCCCCCC)(CCCCCCCC)O1. The smallest absolute Gasteiger partial charge is 0.373 e. The summed E-state index contributed by atoms with van der Waals surface area (Å²) in [7, 11) is -11.7. The largest absolute Gasteiger partial charge is 0.415 e. The zero-order valence-corrected chi connectivity index (χ0v) is 36.6. The summed E-state index contributed by atoms with van der Waals surface area (Å²) in [5.74, 6) is 0. The second kappa shape index (κ2) is 27.3. The van der Waals surface area contributed by atoms with Crippen LogP contribution in [0.25, 0.3) is 0 Å². The maximum absolute atomic E-state index is 7.93. The van der Waals surface area contributed by atoms with Crippen LogP contribution in [0.1, 0.15) is 182 Å². The van der Waals surface area contributed by atoms with Gasteiger partial charge in [-0.1, -0.05) is 182 Å². The van der Waals surface area contributed by atoms with E-state index in [1.165, 1.54) is 128 Å². The van der Waals surface area contributed by atoms with E-state index in [-0.39, 0.29) is 0 Å². The average molecular weight is 737 g/mol. The van der Waals surface area contributed by atoms with Gasteiger partial charge in [-0.2, -0.15) is 0 Å². The van der Waals surface area contributed by atoms with Crippen molar-refractivity contribution in [2.24, 2.45) is 0 Å². The Morgan fingerprint density at radius 3 is 0.771 bits per heavy atom. The van der Waals surface area contributed by atoms with Gasteiger partial charge in [-0.25, -0.2) is 0 Å². The molecule has 1 saturated heterocycles. The molecule has 0 saturated carbocycles. The van der Waals surface area contributed by atoms with Crippen LogP contribution in [0.4, 0.5) is 0 Å². The summed E-state index contributed by atoms with van der Waals surface area (Å²) in [6, 6.07) is 4.04. The molecule has 0 aromatic heterocycles. The number of hydrogen-bond acceptors (Lipinski definition) is 4. The number of unbranched alkanes of at least 4 members (excludes halogenated alkanes) is 20. The van der Waals surface area contributed by atoms with Crippen LogP contribution >= 0.6 is 0 Å². The van der Waals surface area contributed by atoms with Crippen LogP contribution in [0.2, 0.25) is 24.2 Å². The van der Waals surface area contributed by atoms with E-state index >= 15 is 0 Å². The average Bonchev–Trinajstić information content (AvgIpc) is 3.09. The third-order valence-electron chi connectivity index (χ3n) is 10.2. The van der Waals surface area contributed by atoms with Gasteiger partial charge in [0, 0.05) is 0 Å². The van der Waals surface area contributed by atoms with E-state index < -0.39 is 34.2 Å². The van der Waals surface area contributed by atoms with E-state index in [0.29, 0.717) is 0 Å². The Morgan fingerprint density at radius 1 is 0.312 bits per heavy atom. The highest BCUT2D eigenvalue weighted by molar-refractivity contribution is 7.00. The second-order valence-electron chi connectivity index (χ2n) is 14.6. The van der Waals surface area contributed by atoms with Gasteiger partial charge >= 0.3 is 34.2 Å². The molecule has 0 aromatic rings. The maximum Gasteiger partial charge on any atom is 0.373 e. The summed E-state index contributed by atoms with van der Waals surface area (Å²) >= 11 is 0. The van der Waals surface area contributed by atoms with E-state index in [0.717, 1.165) is 49.9 Å². The lowest BCUT2D eigenvalue weighted by molar-refractivity contribution is 0.229. The topological polar surface area (TPSA) is 36.9 Å². The monoisotopic (exact) mass is 737 g/mol. The summed E-state index contributed by atoms with van der Waals surface area (Å²) in [5.41, 5.74) is 7.67. The highest BCUT2D eigenvalue weighted by Crippen LogP contribution is 2.42. The van der Waals surface area contributed by atoms with Crippen molar-refractivity contribution in [1.82, 2.24) is 0 Å². The lowest BCUT2D eigenvalue weighted by atomic mass is 10.1. The molecule has 0 aromatic carbocycles. The van der Waals surface area contributed by atoms with Crippen molar-refractivity contribution in [3.05, 3.63) is 49.1 Å². The Morgan fingerprint density at radius 2 is 0.542 bits per heavy atom. The Bertz CT molecular complexity index is 737. The minimum absolute atomic E-state index is 1.01. The molecule has 1 rings (SSSR count). The highest BCUT2D eigenvalue weighted by atomic mass is 28.5. The summed E-state index contributed by atoms with van der Waals surface area (Å²) in [6.07, 6.45) is 30.3. The molecule has 1 heterocycles. The first-order valence-corrected chi connectivity index (χ1v) is 29.1. The van der Waals surface area contributed by atoms with E-state index in [2.05, 4.69) is 54.0 Å². The van der Waals surface area contributed by atoms with Gasteiger partial charge in [-0.15, -0.1) is 26.3 Å². The molecule has 0 spiro atoms. The fraction of sp³-hybridized carbons (Fsp3) is 0.800. The van der Waals surface area contributed by atoms with Crippen LogP contribution in [-0.4, -0.2) is 34.2 Å². The van der Waals surface area contributed by atoms with E-state index in [1.807, 2.05) is 22.8 Å². The highest BCUT2D eigenvalue weighted by Gasteiger charge is 2.59. The Kier molecular flexibility index (Phi) is 26.0. The third kappa shape index (κ3) is 17.7. The second-order valence-corrected chi connectivity index (χ2v) is 28.0. The van der Waals surface area contributed by atoms with Crippen molar-refractivity contribution in [2.45, 2.75) is 206 Å². The Labute approximate surface area is 304 Å². The summed E-state index contributed by atoms with van der Waals surface area (Å²) in [5, 5.41) is 0. The maximum atomic E-state index is 7.93. The summed E-state index contributed by atoms with van der Waals surface area (Å²) in [6.45, 7) is 26.3. The molecule has 0 N–H and O–H groups in total. The van der Waals surface area contributed by atoms with Crippen LogP contribution < -0.4 is 0 Å². The third-order valence-corrected chi connectivity index (χ3v) is 28.0. The number of rotatable bonds is 32. The van der Waals surface area contributed by atoms with Crippen molar-refractivity contribution in [2.75, 3.05) is 0 Å². The molecular weight excluding hydrogens is 657 g/mol. The molecule has 280 valence electrons. The zero-order valence-electron chi connectivity index (χ0n) is 32.6. The lowest BCUT2D eigenvalue weighted by Crippen LogP contribution is -2.68. The van der Waals surface area contributed by atoms with Crippen LogP contribution in [-0.2, 0) is 16.5 Å². The molecular formula is C40H80O4Si4. The predicted molar refractivity (Wildman–Crippen MR) is 221 cm³/mol.